The van der Waals surface area contributed by atoms with E-state index in [0.717, 1.165) is 24.0 Å². The second-order valence-electron chi connectivity index (χ2n) is 7.93. The number of ether oxygens (including phenoxy) is 1. The van der Waals surface area contributed by atoms with Crippen LogP contribution < -0.4 is 4.74 Å². The summed E-state index contributed by atoms with van der Waals surface area (Å²) in [5.41, 5.74) is 2.28. The Labute approximate surface area is 189 Å². The van der Waals surface area contributed by atoms with E-state index in [0.29, 0.717) is 36.1 Å². The van der Waals surface area contributed by atoms with Gasteiger partial charge in [0.1, 0.15) is 29.1 Å². The number of amides is 1. The zero-order valence-corrected chi connectivity index (χ0v) is 18.0. The van der Waals surface area contributed by atoms with Gasteiger partial charge in [-0.2, -0.15) is 0 Å². The second kappa shape index (κ2) is 8.90. The SMILES string of the molecule is COc1cccc(-c2cc(C(=O)N3CCCC3c3ncc(Cc4ccc(F)cc4)o3)on2)c1. The van der Waals surface area contributed by atoms with Crippen LogP contribution in [0.1, 0.15) is 46.7 Å². The van der Waals surface area contributed by atoms with Gasteiger partial charge in [0.15, 0.2) is 0 Å². The summed E-state index contributed by atoms with van der Waals surface area (Å²) in [6, 6.07) is 15.0. The van der Waals surface area contributed by atoms with E-state index in [4.69, 9.17) is 13.7 Å². The average Bonchev–Trinajstić information content (AvgIpc) is 3.60. The molecule has 1 saturated heterocycles. The number of oxazole rings is 1. The summed E-state index contributed by atoms with van der Waals surface area (Å²) in [5, 5.41) is 4.07. The Morgan fingerprint density at radius 1 is 1.21 bits per heavy atom. The zero-order chi connectivity index (χ0) is 22.8. The van der Waals surface area contributed by atoms with Crippen LogP contribution in [0.2, 0.25) is 0 Å². The Bertz CT molecular complexity index is 1260. The fourth-order valence-corrected chi connectivity index (χ4v) is 4.06. The summed E-state index contributed by atoms with van der Waals surface area (Å²) in [5.74, 6) is 1.49. The van der Waals surface area contributed by atoms with Crippen LogP contribution in [-0.4, -0.2) is 34.6 Å². The third-order valence-electron chi connectivity index (χ3n) is 5.75. The number of hydrogen-bond acceptors (Lipinski definition) is 6. The van der Waals surface area contributed by atoms with Crippen molar-refractivity contribution in [1.82, 2.24) is 15.0 Å². The lowest BCUT2D eigenvalue weighted by Gasteiger charge is -2.20. The van der Waals surface area contributed by atoms with Crippen LogP contribution in [-0.2, 0) is 6.42 Å². The van der Waals surface area contributed by atoms with Crippen LogP contribution in [0.25, 0.3) is 11.3 Å². The zero-order valence-electron chi connectivity index (χ0n) is 18.0. The first kappa shape index (κ1) is 20.9. The van der Waals surface area contributed by atoms with Crippen molar-refractivity contribution in [3.05, 3.63) is 89.6 Å². The van der Waals surface area contributed by atoms with Gasteiger partial charge in [-0.1, -0.05) is 29.4 Å². The van der Waals surface area contributed by atoms with Crippen molar-refractivity contribution >= 4 is 5.91 Å². The molecule has 7 nitrogen and oxygen atoms in total. The third-order valence-corrected chi connectivity index (χ3v) is 5.75. The summed E-state index contributed by atoms with van der Waals surface area (Å²) >= 11 is 0. The predicted octanol–water partition coefficient (Wildman–Crippen LogP) is 5.05. The molecule has 1 atom stereocenters. The number of rotatable bonds is 6. The highest BCUT2D eigenvalue weighted by Crippen LogP contribution is 2.34. The number of carbonyl (C=O) groups excluding carboxylic acids is 1. The normalized spacial score (nSPS) is 15.7. The van der Waals surface area contributed by atoms with Crippen molar-refractivity contribution in [2.24, 2.45) is 0 Å². The molecule has 33 heavy (non-hydrogen) atoms. The first-order valence-electron chi connectivity index (χ1n) is 10.7. The van der Waals surface area contributed by atoms with E-state index in [1.807, 2.05) is 24.3 Å². The molecule has 3 heterocycles. The molecular formula is C25H22FN3O4. The number of halogens is 1. The maximum atomic E-state index is 13.2. The van der Waals surface area contributed by atoms with Gasteiger partial charge in [-0.3, -0.25) is 4.79 Å². The molecule has 1 unspecified atom stereocenters. The summed E-state index contributed by atoms with van der Waals surface area (Å²) in [4.78, 5) is 19.3. The Balaban J connectivity index is 1.32. The molecule has 0 spiro atoms. The van der Waals surface area contributed by atoms with Gasteiger partial charge in [-0.15, -0.1) is 0 Å². The first-order chi connectivity index (χ1) is 16.1. The fourth-order valence-electron chi connectivity index (χ4n) is 4.06. The quantitative estimate of drug-likeness (QED) is 0.412. The lowest BCUT2D eigenvalue weighted by Crippen LogP contribution is -2.30. The first-order valence-corrected chi connectivity index (χ1v) is 10.7. The maximum absolute atomic E-state index is 13.2. The van der Waals surface area contributed by atoms with Crippen molar-refractivity contribution < 1.29 is 22.9 Å². The molecular weight excluding hydrogens is 425 g/mol. The molecule has 1 aliphatic rings. The molecule has 0 aliphatic carbocycles. The van der Waals surface area contributed by atoms with E-state index in [-0.39, 0.29) is 23.5 Å². The fraction of sp³-hybridized carbons (Fsp3) is 0.240. The molecule has 1 fully saturated rings. The molecule has 5 rings (SSSR count). The summed E-state index contributed by atoms with van der Waals surface area (Å²) in [7, 11) is 1.60. The largest absolute Gasteiger partial charge is 0.497 e. The Morgan fingerprint density at radius 2 is 2.06 bits per heavy atom. The van der Waals surface area contributed by atoms with E-state index in [1.165, 1.54) is 12.1 Å². The molecule has 4 aromatic rings. The van der Waals surface area contributed by atoms with Gasteiger partial charge in [0, 0.05) is 24.6 Å². The van der Waals surface area contributed by atoms with Crippen molar-refractivity contribution in [2.75, 3.05) is 13.7 Å². The van der Waals surface area contributed by atoms with Crippen LogP contribution in [0.15, 0.2) is 69.7 Å². The van der Waals surface area contributed by atoms with Crippen molar-refractivity contribution in [1.29, 1.82) is 0 Å². The Kier molecular flexibility index (Phi) is 5.64. The minimum absolute atomic E-state index is 0.165. The smallest absolute Gasteiger partial charge is 0.293 e. The Morgan fingerprint density at radius 3 is 2.88 bits per heavy atom. The van der Waals surface area contributed by atoms with Gasteiger partial charge in [0.05, 0.1) is 13.3 Å². The van der Waals surface area contributed by atoms with Crippen LogP contribution in [0, 0.1) is 5.82 Å². The van der Waals surface area contributed by atoms with Crippen molar-refractivity contribution in [2.45, 2.75) is 25.3 Å². The molecule has 168 valence electrons. The highest BCUT2D eigenvalue weighted by Gasteiger charge is 2.35. The van der Waals surface area contributed by atoms with E-state index in [2.05, 4.69) is 10.1 Å². The van der Waals surface area contributed by atoms with Gasteiger partial charge >= 0.3 is 0 Å². The summed E-state index contributed by atoms with van der Waals surface area (Å²) < 4.78 is 29.7. The molecule has 0 saturated carbocycles. The number of nitrogens with zero attached hydrogens (tertiary/aromatic N) is 3. The number of likely N-dealkylation sites (tertiary alicyclic amines) is 1. The van der Waals surface area contributed by atoms with Crippen LogP contribution in [0.4, 0.5) is 4.39 Å². The maximum Gasteiger partial charge on any atom is 0.293 e. The van der Waals surface area contributed by atoms with Crippen molar-refractivity contribution in [3.63, 3.8) is 0 Å². The number of methoxy groups -OCH3 is 1. The van der Waals surface area contributed by atoms with Gasteiger partial charge in [-0.05, 0) is 42.7 Å². The summed E-state index contributed by atoms with van der Waals surface area (Å²) in [6.45, 7) is 0.578. The van der Waals surface area contributed by atoms with Crippen LogP contribution in [0.3, 0.4) is 0 Å². The monoisotopic (exact) mass is 447 g/mol. The van der Waals surface area contributed by atoms with E-state index >= 15 is 0 Å². The van der Waals surface area contributed by atoms with Crippen LogP contribution >= 0.6 is 0 Å². The minimum Gasteiger partial charge on any atom is -0.497 e. The second-order valence-corrected chi connectivity index (χ2v) is 7.93. The van der Waals surface area contributed by atoms with E-state index < -0.39 is 0 Å². The van der Waals surface area contributed by atoms with Crippen molar-refractivity contribution in [3.8, 4) is 17.0 Å². The lowest BCUT2D eigenvalue weighted by molar-refractivity contribution is 0.0672. The highest BCUT2D eigenvalue weighted by atomic mass is 19.1. The molecule has 8 heteroatoms. The predicted molar refractivity (Wildman–Crippen MR) is 117 cm³/mol. The van der Waals surface area contributed by atoms with Gasteiger partial charge in [0.25, 0.3) is 5.91 Å². The molecule has 1 aliphatic heterocycles. The Hall–Kier alpha value is -3.94. The molecule has 1 amide bonds. The standard InChI is InChI=1S/C25H22FN3O4/c1-31-19-5-2-4-17(13-19)21-14-23(33-28-21)25(30)29-11-3-6-22(29)24-27-15-20(32-24)12-16-7-9-18(26)10-8-16/h2,4-5,7-10,13-15,22H,3,6,11-12H2,1H3. The number of hydrogen-bond donors (Lipinski definition) is 0. The van der Waals surface area contributed by atoms with E-state index in [9.17, 15) is 9.18 Å². The molecule has 0 bridgehead atoms. The van der Waals surface area contributed by atoms with Gasteiger partial charge < -0.3 is 18.6 Å². The molecule has 2 aromatic heterocycles. The lowest BCUT2D eigenvalue weighted by atomic mass is 10.1. The number of benzene rings is 2. The highest BCUT2D eigenvalue weighted by molar-refractivity contribution is 5.92. The average molecular weight is 447 g/mol. The molecule has 2 aromatic carbocycles. The van der Waals surface area contributed by atoms with E-state index in [1.54, 1.807) is 36.4 Å². The number of aromatic nitrogens is 2. The van der Waals surface area contributed by atoms with Gasteiger partial charge in [0.2, 0.25) is 11.7 Å². The summed E-state index contributed by atoms with van der Waals surface area (Å²) in [6.07, 6.45) is 3.75. The molecule has 0 radical (unpaired) electrons. The third kappa shape index (κ3) is 4.37. The van der Waals surface area contributed by atoms with Gasteiger partial charge in [-0.25, -0.2) is 9.37 Å². The topological polar surface area (TPSA) is 81.6 Å². The molecule has 0 N–H and O–H groups in total. The number of carbonyl (C=O) groups is 1. The van der Waals surface area contributed by atoms with Crippen LogP contribution in [0.5, 0.6) is 5.75 Å². The minimum atomic E-state index is -0.279.